The number of aliphatic imine (C=N–C) groups is 1. The molecular formula is C9H18N2S. The Labute approximate surface area is 79.2 Å². The number of thioether (sulfide) groups is 1. The molecule has 0 aliphatic carbocycles. The van der Waals surface area contributed by atoms with Crippen LogP contribution < -0.4 is 5.32 Å². The quantitative estimate of drug-likeness (QED) is 0.730. The standard InChI is InChI=1S/C9H18N2S/c1-4-5-10-9-11-6-8(12-9)7(2)3/h7-8H,4-6H2,1-3H3,(H,10,11). The van der Waals surface area contributed by atoms with E-state index in [0.29, 0.717) is 5.25 Å². The van der Waals surface area contributed by atoms with E-state index >= 15 is 0 Å². The van der Waals surface area contributed by atoms with Gasteiger partial charge in [-0.25, -0.2) is 0 Å². The first-order chi connectivity index (χ1) is 5.74. The van der Waals surface area contributed by atoms with Crippen LogP contribution in [0.4, 0.5) is 0 Å². The summed E-state index contributed by atoms with van der Waals surface area (Å²) in [4.78, 5) is 4.44. The Morgan fingerprint density at radius 1 is 1.67 bits per heavy atom. The number of nitrogens with one attached hydrogen (secondary N) is 1. The van der Waals surface area contributed by atoms with Crippen molar-refractivity contribution in [1.29, 1.82) is 0 Å². The Balaban J connectivity index is 2.24. The van der Waals surface area contributed by atoms with Gasteiger partial charge in [0.25, 0.3) is 0 Å². The van der Waals surface area contributed by atoms with Gasteiger partial charge in [-0.3, -0.25) is 4.99 Å². The predicted octanol–water partition coefficient (Wildman–Crippen LogP) is 2.11. The van der Waals surface area contributed by atoms with Crippen LogP contribution in [0.1, 0.15) is 27.2 Å². The lowest BCUT2D eigenvalue weighted by atomic mass is 10.1. The van der Waals surface area contributed by atoms with Crippen molar-refractivity contribution in [3.05, 3.63) is 0 Å². The average molecular weight is 186 g/mol. The first kappa shape index (κ1) is 9.90. The molecule has 2 nitrogen and oxygen atoms in total. The number of nitrogens with zero attached hydrogens (tertiary/aromatic N) is 1. The minimum absolute atomic E-state index is 0.698. The van der Waals surface area contributed by atoms with E-state index in [0.717, 1.165) is 24.2 Å². The summed E-state index contributed by atoms with van der Waals surface area (Å²) in [5, 5.41) is 5.18. The van der Waals surface area contributed by atoms with Crippen molar-refractivity contribution in [2.24, 2.45) is 10.9 Å². The smallest absolute Gasteiger partial charge is 0.156 e. The molecule has 1 unspecified atom stereocenters. The lowest BCUT2D eigenvalue weighted by Gasteiger charge is -2.11. The second-order valence-electron chi connectivity index (χ2n) is 3.47. The fourth-order valence-corrected chi connectivity index (χ4v) is 2.11. The zero-order chi connectivity index (χ0) is 8.97. The van der Waals surface area contributed by atoms with Crippen LogP contribution in [-0.4, -0.2) is 23.5 Å². The molecule has 0 saturated heterocycles. The maximum absolute atomic E-state index is 4.44. The first-order valence-electron chi connectivity index (χ1n) is 4.69. The molecule has 0 aromatic rings. The molecule has 1 rings (SSSR count). The molecule has 0 saturated carbocycles. The molecule has 0 bridgehead atoms. The summed E-state index contributed by atoms with van der Waals surface area (Å²) in [7, 11) is 0. The fourth-order valence-electron chi connectivity index (χ4n) is 1.07. The van der Waals surface area contributed by atoms with Crippen LogP contribution in [0, 0.1) is 5.92 Å². The largest absolute Gasteiger partial charge is 0.365 e. The monoisotopic (exact) mass is 186 g/mol. The van der Waals surface area contributed by atoms with Crippen molar-refractivity contribution in [2.75, 3.05) is 13.1 Å². The third kappa shape index (κ3) is 2.70. The van der Waals surface area contributed by atoms with Gasteiger partial charge in [-0.1, -0.05) is 32.5 Å². The highest BCUT2D eigenvalue weighted by Gasteiger charge is 2.21. The number of rotatable bonds is 3. The van der Waals surface area contributed by atoms with E-state index in [1.54, 1.807) is 0 Å². The van der Waals surface area contributed by atoms with Gasteiger partial charge in [0.05, 0.1) is 6.54 Å². The summed E-state index contributed by atoms with van der Waals surface area (Å²) in [6.07, 6.45) is 1.17. The Hall–Kier alpha value is -0.180. The van der Waals surface area contributed by atoms with Crippen molar-refractivity contribution < 1.29 is 0 Å². The molecule has 1 heterocycles. The summed E-state index contributed by atoms with van der Waals surface area (Å²) in [5.41, 5.74) is 0. The third-order valence-corrected chi connectivity index (χ3v) is 3.44. The molecule has 0 aromatic carbocycles. The molecular weight excluding hydrogens is 168 g/mol. The normalized spacial score (nSPS) is 23.0. The molecule has 0 fully saturated rings. The summed E-state index contributed by atoms with van der Waals surface area (Å²) in [6, 6.07) is 0. The van der Waals surface area contributed by atoms with Crippen LogP contribution in [0.25, 0.3) is 0 Å². The summed E-state index contributed by atoms with van der Waals surface area (Å²) >= 11 is 1.90. The van der Waals surface area contributed by atoms with Gasteiger partial charge in [-0.15, -0.1) is 0 Å². The van der Waals surface area contributed by atoms with Crippen LogP contribution >= 0.6 is 11.8 Å². The summed E-state index contributed by atoms with van der Waals surface area (Å²) in [5.74, 6) is 0.736. The van der Waals surface area contributed by atoms with E-state index in [2.05, 4.69) is 31.1 Å². The van der Waals surface area contributed by atoms with E-state index in [9.17, 15) is 0 Å². The van der Waals surface area contributed by atoms with Crippen molar-refractivity contribution in [3.63, 3.8) is 0 Å². The van der Waals surface area contributed by atoms with Crippen LogP contribution in [0.3, 0.4) is 0 Å². The minimum atomic E-state index is 0.698. The molecule has 3 heteroatoms. The van der Waals surface area contributed by atoms with Crippen LogP contribution in [-0.2, 0) is 0 Å². The van der Waals surface area contributed by atoms with Crippen LogP contribution in [0.5, 0.6) is 0 Å². The van der Waals surface area contributed by atoms with E-state index in [1.165, 1.54) is 6.42 Å². The van der Waals surface area contributed by atoms with Gasteiger partial charge >= 0.3 is 0 Å². The van der Waals surface area contributed by atoms with Gasteiger partial charge in [-0.2, -0.15) is 0 Å². The zero-order valence-electron chi connectivity index (χ0n) is 8.13. The van der Waals surface area contributed by atoms with Crippen molar-refractivity contribution in [1.82, 2.24) is 5.32 Å². The SMILES string of the molecule is CCCNC1=NCC(C(C)C)S1. The van der Waals surface area contributed by atoms with Gasteiger partial charge in [0, 0.05) is 11.8 Å². The summed E-state index contributed by atoms with van der Waals surface area (Å²) in [6.45, 7) is 8.74. The topological polar surface area (TPSA) is 24.4 Å². The lowest BCUT2D eigenvalue weighted by Crippen LogP contribution is -2.20. The van der Waals surface area contributed by atoms with Crippen molar-refractivity contribution in [3.8, 4) is 0 Å². The average Bonchev–Trinajstić information content (AvgIpc) is 2.48. The minimum Gasteiger partial charge on any atom is -0.365 e. The molecule has 12 heavy (non-hydrogen) atoms. The highest BCUT2D eigenvalue weighted by molar-refractivity contribution is 8.14. The highest BCUT2D eigenvalue weighted by Crippen LogP contribution is 2.25. The molecule has 1 aliphatic rings. The fraction of sp³-hybridized carbons (Fsp3) is 0.889. The first-order valence-corrected chi connectivity index (χ1v) is 5.57. The molecule has 0 aromatic heterocycles. The summed E-state index contributed by atoms with van der Waals surface area (Å²) < 4.78 is 0. The Bertz CT molecular complexity index is 166. The van der Waals surface area contributed by atoms with Gasteiger partial charge in [0.1, 0.15) is 0 Å². The molecule has 1 atom stereocenters. The molecule has 1 aliphatic heterocycles. The van der Waals surface area contributed by atoms with E-state index < -0.39 is 0 Å². The van der Waals surface area contributed by atoms with Gasteiger partial charge in [-0.05, 0) is 12.3 Å². The predicted molar refractivity (Wildman–Crippen MR) is 56.8 cm³/mol. The lowest BCUT2D eigenvalue weighted by molar-refractivity contribution is 0.621. The van der Waals surface area contributed by atoms with Crippen LogP contribution in [0.15, 0.2) is 4.99 Å². The van der Waals surface area contributed by atoms with Gasteiger partial charge < -0.3 is 5.32 Å². The van der Waals surface area contributed by atoms with Crippen molar-refractivity contribution >= 4 is 16.9 Å². The third-order valence-electron chi connectivity index (χ3n) is 1.95. The van der Waals surface area contributed by atoms with E-state index in [-0.39, 0.29) is 0 Å². The maximum Gasteiger partial charge on any atom is 0.156 e. The van der Waals surface area contributed by atoms with Gasteiger partial charge in [0.15, 0.2) is 5.17 Å². The Morgan fingerprint density at radius 3 is 2.92 bits per heavy atom. The van der Waals surface area contributed by atoms with Crippen molar-refractivity contribution in [2.45, 2.75) is 32.4 Å². The number of amidine groups is 1. The van der Waals surface area contributed by atoms with Crippen LogP contribution in [0.2, 0.25) is 0 Å². The van der Waals surface area contributed by atoms with E-state index in [1.807, 2.05) is 11.8 Å². The molecule has 70 valence electrons. The molecule has 1 N–H and O–H groups in total. The molecule has 0 amide bonds. The second-order valence-corrected chi connectivity index (χ2v) is 4.70. The molecule has 0 spiro atoms. The number of hydrogen-bond acceptors (Lipinski definition) is 3. The van der Waals surface area contributed by atoms with Gasteiger partial charge in [0.2, 0.25) is 0 Å². The Morgan fingerprint density at radius 2 is 2.42 bits per heavy atom. The zero-order valence-corrected chi connectivity index (χ0v) is 8.95. The second kappa shape index (κ2) is 4.75. The number of hydrogen-bond donors (Lipinski definition) is 1. The molecule has 0 radical (unpaired) electrons. The Kier molecular flexibility index (Phi) is 3.92. The highest BCUT2D eigenvalue weighted by atomic mass is 32.2. The van der Waals surface area contributed by atoms with E-state index in [4.69, 9.17) is 0 Å². The maximum atomic E-state index is 4.44.